The molecule has 1 N–H and O–H groups in total. The van der Waals surface area contributed by atoms with Gasteiger partial charge in [-0.3, -0.25) is 4.79 Å². The van der Waals surface area contributed by atoms with Gasteiger partial charge < -0.3 is 10.1 Å². The van der Waals surface area contributed by atoms with Gasteiger partial charge in [0.1, 0.15) is 5.82 Å². The summed E-state index contributed by atoms with van der Waals surface area (Å²) in [6.45, 7) is 5.21. The van der Waals surface area contributed by atoms with Crippen molar-refractivity contribution in [3.05, 3.63) is 53.3 Å². The molecule has 0 saturated carbocycles. The maximum atomic E-state index is 13.0. The second-order valence-corrected chi connectivity index (χ2v) is 4.53. The fourth-order valence-electron chi connectivity index (χ4n) is 1.36. The molecule has 0 aliphatic heterocycles. The number of esters is 1. The Bertz CT molecular complexity index is 572. The number of carbonyl (C=O) groups excluding carboxylic acids is 2. The first-order chi connectivity index (χ1) is 9.93. The lowest BCUT2D eigenvalue weighted by Gasteiger charge is -2.11. The normalized spacial score (nSPS) is 12.0. The van der Waals surface area contributed by atoms with Crippen molar-refractivity contribution in [2.45, 2.75) is 13.0 Å². The predicted molar refractivity (Wildman–Crippen MR) is 79.2 cm³/mol. The summed E-state index contributed by atoms with van der Waals surface area (Å²) in [5, 5.41) is 2.47. The van der Waals surface area contributed by atoms with Crippen LogP contribution in [0.2, 0.25) is 5.02 Å². The van der Waals surface area contributed by atoms with Crippen molar-refractivity contribution in [2.24, 2.45) is 0 Å². The van der Waals surface area contributed by atoms with Gasteiger partial charge in [-0.1, -0.05) is 23.7 Å². The van der Waals surface area contributed by atoms with Gasteiger partial charge in [0.05, 0.1) is 5.02 Å². The number of hydrogen-bond acceptors (Lipinski definition) is 3. The topological polar surface area (TPSA) is 55.4 Å². The van der Waals surface area contributed by atoms with Crippen LogP contribution in [0.3, 0.4) is 0 Å². The molecule has 0 bridgehead atoms. The number of hydrogen-bond donors (Lipinski definition) is 1. The molecule has 1 rings (SSSR count). The molecule has 1 aromatic rings. The van der Waals surface area contributed by atoms with Crippen LogP contribution < -0.4 is 5.32 Å². The highest BCUT2D eigenvalue weighted by Crippen LogP contribution is 2.16. The van der Waals surface area contributed by atoms with Gasteiger partial charge in [-0.2, -0.15) is 0 Å². The van der Waals surface area contributed by atoms with Crippen LogP contribution in [0.4, 0.5) is 4.39 Å². The molecule has 1 atom stereocenters. The molecular weight excluding hydrogens is 297 g/mol. The highest BCUT2D eigenvalue weighted by molar-refractivity contribution is 6.30. The van der Waals surface area contributed by atoms with Crippen LogP contribution in [0.25, 0.3) is 6.08 Å². The summed E-state index contributed by atoms with van der Waals surface area (Å²) >= 11 is 5.62. The zero-order chi connectivity index (χ0) is 15.8. The molecule has 0 aliphatic rings. The minimum atomic E-state index is -0.918. The lowest BCUT2D eigenvalue weighted by Crippen LogP contribution is -2.35. The average molecular weight is 312 g/mol. The molecule has 0 heterocycles. The molecule has 4 nitrogen and oxygen atoms in total. The summed E-state index contributed by atoms with van der Waals surface area (Å²) in [5.41, 5.74) is 0.544. The lowest BCUT2D eigenvalue weighted by atomic mass is 10.2. The van der Waals surface area contributed by atoms with Crippen LogP contribution in [0, 0.1) is 5.82 Å². The zero-order valence-corrected chi connectivity index (χ0v) is 12.2. The van der Waals surface area contributed by atoms with Crippen molar-refractivity contribution in [3.63, 3.8) is 0 Å². The predicted octanol–water partition coefficient (Wildman–Crippen LogP) is 2.73. The second-order valence-electron chi connectivity index (χ2n) is 4.12. The van der Waals surface area contributed by atoms with E-state index in [9.17, 15) is 14.0 Å². The van der Waals surface area contributed by atoms with Crippen molar-refractivity contribution in [1.82, 2.24) is 5.32 Å². The first kappa shape index (κ1) is 16.9. The molecule has 6 heteroatoms. The van der Waals surface area contributed by atoms with Gasteiger partial charge in [0.15, 0.2) is 6.10 Å². The highest BCUT2D eigenvalue weighted by atomic mass is 35.5. The minimum Gasteiger partial charge on any atom is -0.449 e. The van der Waals surface area contributed by atoms with E-state index >= 15 is 0 Å². The molecule has 0 aliphatic carbocycles. The second kappa shape index (κ2) is 8.21. The molecule has 0 radical (unpaired) electrons. The lowest BCUT2D eigenvalue weighted by molar-refractivity contribution is -0.150. The third-order valence-corrected chi connectivity index (χ3v) is 2.73. The first-order valence-electron chi connectivity index (χ1n) is 6.16. The standard InChI is InChI=1S/C15H15ClFNO3/c1-3-8-18-15(20)10(2)21-14(19)7-5-11-4-6-13(17)12(16)9-11/h3-7,9-10H,1,8H2,2H3,(H,18,20)/b7-5+/t10-/m1/s1. The van der Waals surface area contributed by atoms with Crippen LogP contribution in [0.15, 0.2) is 36.9 Å². The van der Waals surface area contributed by atoms with Gasteiger partial charge in [-0.25, -0.2) is 9.18 Å². The van der Waals surface area contributed by atoms with Crippen LogP contribution in [-0.4, -0.2) is 24.5 Å². The summed E-state index contributed by atoms with van der Waals surface area (Å²) in [6, 6.07) is 4.03. The first-order valence-corrected chi connectivity index (χ1v) is 6.54. The quantitative estimate of drug-likeness (QED) is 0.499. The van der Waals surface area contributed by atoms with Crippen molar-refractivity contribution < 1.29 is 18.7 Å². The van der Waals surface area contributed by atoms with Crippen molar-refractivity contribution in [3.8, 4) is 0 Å². The summed E-state index contributed by atoms with van der Waals surface area (Å²) in [4.78, 5) is 23.0. The fourth-order valence-corrected chi connectivity index (χ4v) is 1.55. The maximum absolute atomic E-state index is 13.0. The van der Waals surface area contributed by atoms with E-state index in [1.54, 1.807) is 0 Å². The fraction of sp³-hybridized carbons (Fsp3) is 0.200. The van der Waals surface area contributed by atoms with Gasteiger partial charge >= 0.3 is 5.97 Å². The van der Waals surface area contributed by atoms with Gasteiger partial charge in [0, 0.05) is 12.6 Å². The Morgan fingerprint density at radius 3 is 2.86 bits per heavy atom. The molecule has 0 unspecified atom stereocenters. The average Bonchev–Trinajstić information content (AvgIpc) is 2.45. The van der Waals surface area contributed by atoms with Crippen LogP contribution in [0.5, 0.6) is 0 Å². The largest absolute Gasteiger partial charge is 0.449 e. The summed E-state index contributed by atoms with van der Waals surface area (Å²) in [5.74, 6) is -1.64. The van der Waals surface area contributed by atoms with E-state index in [1.807, 2.05) is 0 Å². The number of nitrogens with one attached hydrogen (secondary N) is 1. The zero-order valence-electron chi connectivity index (χ0n) is 11.4. The van der Waals surface area contributed by atoms with Gasteiger partial charge in [-0.05, 0) is 30.7 Å². The van der Waals surface area contributed by atoms with E-state index in [2.05, 4.69) is 11.9 Å². The Balaban J connectivity index is 2.56. The smallest absolute Gasteiger partial charge is 0.331 e. The number of benzene rings is 1. The Kier molecular flexibility index (Phi) is 6.62. The maximum Gasteiger partial charge on any atom is 0.331 e. The van der Waals surface area contributed by atoms with E-state index in [1.165, 1.54) is 37.3 Å². The molecule has 0 spiro atoms. The number of ether oxygens (including phenoxy) is 1. The monoisotopic (exact) mass is 311 g/mol. The number of carbonyl (C=O) groups is 2. The molecular formula is C15H15ClFNO3. The summed E-state index contributed by atoms with van der Waals surface area (Å²) in [6.07, 6.45) is 3.16. The molecule has 0 saturated heterocycles. The Morgan fingerprint density at radius 2 is 2.24 bits per heavy atom. The van der Waals surface area contributed by atoms with E-state index < -0.39 is 23.8 Å². The third-order valence-electron chi connectivity index (χ3n) is 2.44. The Morgan fingerprint density at radius 1 is 1.52 bits per heavy atom. The molecule has 0 fully saturated rings. The van der Waals surface area contributed by atoms with E-state index in [4.69, 9.17) is 16.3 Å². The van der Waals surface area contributed by atoms with Gasteiger partial charge in [0.2, 0.25) is 0 Å². The van der Waals surface area contributed by atoms with Crippen molar-refractivity contribution >= 4 is 29.6 Å². The Labute approximate surface area is 127 Å². The molecule has 21 heavy (non-hydrogen) atoms. The number of amides is 1. The van der Waals surface area contributed by atoms with Crippen LogP contribution >= 0.6 is 11.6 Å². The van der Waals surface area contributed by atoms with Crippen molar-refractivity contribution in [2.75, 3.05) is 6.54 Å². The third kappa shape index (κ3) is 5.79. The van der Waals surface area contributed by atoms with E-state index in [-0.39, 0.29) is 5.02 Å². The van der Waals surface area contributed by atoms with Crippen LogP contribution in [-0.2, 0) is 14.3 Å². The summed E-state index contributed by atoms with van der Waals surface area (Å²) < 4.78 is 17.9. The number of halogens is 2. The van der Waals surface area contributed by atoms with Gasteiger partial charge in [-0.15, -0.1) is 6.58 Å². The summed E-state index contributed by atoms with van der Waals surface area (Å²) in [7, 11) is 0. The Hall–Kier alpha value is -2.14. The van der Waals surface area contributed by atoms with Crippen molar-refractivity contribution in [1.29, 1.82) is 0 Å². The SMILES string of the molecule is C=CCNC(=O)[C@@H](C)OC(=O)/C=C/c1ccc(F)c(Cl)c1. The van der Waals surface area contributed by atoms with Gasteiger partial charge in [0.25, 0.3) is 5.91 Å². The van der Waals surface area contributed by atoms with Crippen LogP contribution in [0.1, 0.15) is 12.5 Å². The van der Waals surface area contributed by atoms with E-state index in [0.29, 0.717) is 12.1 Å². The minimum absolute atomic E-state index is 0.0392. The highest BCUT2D eigenvalue weighted by Gasteiger charge is 2.15. The molecule has 1 aromatic carbocycles. The number of rotatable bonds is 6. The molecule has 0 aromatic heterocycles. The molecule has 1 amide bonds. The molecule has 112 valence electrons. The van der Waals surface area contributed by atoms with E-state index in [0.717, 1.165) is 6.08 Å².